The third kappa shape index (κ3) is 1.35. The molecule has 0 saturated heterocycles. The fraction of sp³-hybridized carbons (Fsp3) is 0.333. The molecule has 1 aromatic heterocycles. The van der Waals surface area contributed by atoms with Crippen LogP contribution < -0.4 is 0 Å². The summed E-state index contributed by atoms with van der Waals surface area (Å²) in [6, 6.07) is 5.56. The second kappa shape index (κ2) is 2.92. The standard InChI is InChI=1S/C12H11NO2/c1-7(14)9-4-5-10-11(6-9)15-13-12(10)8-2-3-8/h4-6,8H,2-3H2,1H3. The van der Waals surface area contributed by atoms with E-state index in [1.165, 1.54) is 12.8 Å². The monoisotopic (exact) mass is 201 g/mol. The molecule has 0 amide bonds. The Labute approximate surface area is 87.1 Å². The van der Waals surface area contributed by atoms with Crippen molar-refractivity contribution in [3.05, 3.63) is 29.5 Å². The van der Waals surface area contributed by atoms with Gasteiger partial charge < -0.3 is 4.52 Å². The van der Waals surface area contributed by atoms with Crippen LogP contribution in [0, 0.1) is 0 Å². The van der Waals surface area contributed by atoms with Gasteiger partial charge in [-0.1, -0.05) is 11.2 Å². The van der Waals surface area contributed by atoms with Crippen LogP contribution >= 0.6 is 0 Å². The quantitative estimate of drug-likeness (QED) is 0.701. The summed E-state index contributed by atoms with van der Waals surface area (Å²) in [4.78, 5) is 11.2. The highest BCUT2D eigenvalue weighted by Gasteiger charge is 2.28. The summed E-state index contributed by atoms with van der Waals surface area (Å²) in [5.74, 6) is 0.635. The van der Waals surface area contributed by atoms with Crippen molar-refractivity contribution >= 4 is 16.8 Å². The number of Topliss-reactive ketones (excluding diaryl/α,β-unsaturated/α-hetero) is 1. The van der Waals surface area contributed by atoms with Gasteiger partial charge in [-0.05, 0) is 31.9 Å². The van der Waals surface area contributed by atoms with Crippen molar-refractivity contribution in [3.8, 4) is 0 Å². The second-order valence-electron chi connectivity index (χ2n) is 4.11. The number of aromatic nitrogens is 1. The Balaban J connectivity index is 2.17. The zero-order valence-electron chi connectivity index (χ0n) is 8.49. The van der Waals surface area contributed by atoms with Gasteiger partial charge in [0.25, 0.3) is 0 Å². The molecule has 2 aromatic rings. The topological polar surface area (TPSA) is 43.1 Å². The summed E-state index contributed by atoms with van der Waals surface area (Å²) < 4.78 is 5.24. The van der Waals surface area contributed by atoms with E-state index in [4.69, 9.17) is 4.52 Å². The largest absolute Gasteiger partial charge is 0.356 e. The molecule has 0 bridgehead atoms. The first-order valence-corrected chi connectivity index (χ1v) is 5.16. The first-order chi connectivity index (χ1) is 7.25. The number of ketones is 1. The Morgan fingerprint density at radius 2 is 2.27 bits per heavy atom. The maximum absolute atomic E-state index is 11.2. The van der Waals surface area contributed by atoms with Gasteiger partial charge >= 0.3 is 0 Å². The molecule has 1 aromatic carbocycles. The third-order valence-corrected chi connectivity index (χ3v) is 2.87. The summed E-state index contributed by atoms with van der Waals surface area (Å²) >= 11 is 0. The fourth-order valence-corrected chi connectivity index (χ4v) is 1.83. The van der Waals surface area contributed by atoms with Gasteiger partial charge in [-0.2, -0.15) is 0 Å². The highest BCUT2D eigenvalue weighted by atomic mass is 16.5. The number of nitrogens with zero attached hydrogens (tertiary/aromatic N) is 1. The molecule has 1 aliphatic carbocycles. The van der Waals surface area contributed by atoms with E-state index < -0.39 is 0 Å². The minimum Gasteiger partial charge on any atom is -0.356 e. The second-order valence-corrected chi connectivity index (χ2v) is 4.11. The van der Waals surface area contributed by atoms with Crippen LogP contribution in [0.4, 0.5) is 0 Å². The Kier molecular flexibility index (Phi) is 1.69. The number of carbonyl (C=O) groups excluding carboxylic acids is 1. The smallest absolute Gasteiger partial charge is 0.167 e. The molecule has 0 aliphatic heterocycles. The lowest BCUT2D eigenvalue weighted by Crippen LogP contribution is -1.90. The van der Waals surface area contributed by atoms with E-state index in [-0.39, 0.29) is 5.78 Å². The molecule has 76 valence electrons. The van der Waals surface area contributed by atoms with Gasteiger partial charge in [0.05, 0.1) is 5.69 Å². The summed E-state index contributed by atoms with van der Waals surface area (Å²) in [7, 11) is 0. The van der Waals surface area contributed by atoms with Crippen molar-refractivity contribution in [2.45, 2.75) is 25.7 Å². The van der Waals surface area contributed by atoms with Gasteiger partial charge in [0.1, 0.15) is 0 Å². The number of rotatable bonds is 2. The van der Waals surface area contributed by atoms with Gasteiger partial charge in [0, 0.05) is 16.9 Å². The van der Waals surface area contributed by atoms with Crippen LogP contribution in [0.3, 0.4) is 0 Å². The Morgan fingerprint density at radius 1 is 1.47 bits per heavy atom. The van der Waals surface area contributed by atoms with E-state index in [0.717, 1.165) is 16.7 Å². The first kappa shape index (κ1) is 8.65. The van der Waals surface area contributed by atoms with Crippen LogP contribution in [0.25, 0.3) is 11.0 Å². The molecule has 0 atom stereocenters. The molecule has 1 fully saturated rings. The van der Waals surface area contributed by atoms with Gasteiger partial charge in [-0.3, -0.25) is 4.79 Å². The minimum atomic E-state index is 0.0567. The lowest BCUT2D eigenvalue weighted by molar-refractivity contribution is 0.101. The van der Waals surface area contributed by atoms with Crippen molar-refractivity contribution in [1.29, 1.82) is 0 Å². The third-order valence-electron chi connectivity index (χ3n) is 2.87. The van der Waals surface area contributed by atoms with Crippen molar-refractivity contribution in [2.24, 2.45) is 0 Å². The maximum Gasteiger partial charge on any atom is 0.167 e. The lowest BCUT2D eigenvalue weighted by atomic mass is 10.1. The SMILES string of the molecule is CC(=O)c1ccc2c(C3CC3)noc2c1. The van der Waals surface area contributed by atoms with E-state index >= 15 is 0 Å². The van der Waals surface area contributed by atoms with E-state index in [2.05, 4.69) is 5.16 Å². The zero-order valence-corrected chi connectivity index (χ0v) is 8.49. The van der Waals surface area contributed by atoms with E-state index in [1.807, 2.05) is 12.1 Å². The van der Waals surface area contributed by atoms with Gasteiger partial charge in [0.15, 0.2) is 11.4 Å². The molecule has 1 saturated carbocycles. The van der Waals surface area contributed by atoms with Gasteiger partial charge in [0.2, 0.25) is 0 Å². The summed E-state index contributed by atoms with van der Waals surface area (Å²) in [5.41, 5.74) is 2.46. The predicted molar refractivity (Wildman–Crippen MR) is 56.0 cm³/mol. The van der Waals surface area contributed by atoms with Gasteiger partial charge in [-0.25, -0.2) is 0 Å². The predicted octanol–water partition coefficient (Wildman–Crippen LogP) is 2.91. The number of hydrogen-bond acceptors (Lipinski definition) is 3. The van der Waals surface area contributed by atoms with Crippen LogP contribution in [-0.2, 0) is 0 Å². The zero-order chi connectivity index (χ0) is 10.4. The van der Waals surface area contributed by atoms with E-state index in [1.54, 1.807) is 13.0 Å². The highest BCUT2D eigenvalue weighted by Crippen LogP contribution is 2.42. The van der Waals surface area contributed by atoms with Crippen LogP contribution in [0.15, 0.2) is 22.7 Å². The number of carbonyl (C=O) groups is 1. The summed E-state index contributed by atoms with van der Waals surface area (Å²) in [5, 5.41) is 5.13. The van der Waals surface area contributed by atoms with E-state index in [9.17, 15) is 4.79 Å². The Morgan fingerprint density at radius 3 is 2.93 bits per heavy atom. The maximum atomic E-state index is 11.2. The van der Waals surface area contributed by atoms with E-state index in [0.29, 0.717) is 11.5 Å². The molecule has 3 nitrogen and oxygen atoms in total. The molecule has 3 heteroatoms. The molecular weight excluding hydrogens is 190 g/mol. The molecule has 0 radical (unpaired) electrons. The number of hydrogen-bond donors (Lipinski definition) is 0. The molecule has 3 rings (SSSR count). The minimum absolute atomic E-state index is 0.0567. The molecular formula is C12H11NO2. The average molecular weight is 201 g/mol. The van der Waals surface area contributed by atoms with Crippen molar-refractivity contribution in [3.63, 3.8) is 0 Å². The van der Waals surface area contributed by atoms with Crippen LogP contribution in [0.2, 0.25) is 0 Å². The number of fused-ring (bicyclic) bond motifs is 1. The number of benzene rings is 1. The highest BCUT2D eigenvalue weighted by molar-refractivity contribution is 5.97. The molecule has 0 unspecified atom stereocenters. The Hall–Kier alpha value is -1.64. The van der Waals surface area contributed by atoms with Crippen LogP contribution in [-0.4, -0.2) is 10.9 Å². The fourth-order valence-electron chi connectivity index (χ4n) is 1.83. The Bertz CT molecular complexity index is 538. The van der Waals surface area contributed by atoms with Crippen molar-refractivity contribution < 1.29 is 9.32 Å². The summed E-state index contributed by atoms with van der Waals surface area (Å²) in [6.07, 6.45) is 2.41. The average Bonchev–Trinajstić information content (AvgIpc) is 2.98. The lowest BCUT2D eigenvalue weighted by Gasteiger charge is -1.94. The normalized spacial score (nSPS) is 15.8. The van der Waals surface area contributed by atoms with Gasteiger partial charge in [-0.15, -0.1) is 0 Å². The van der Waals surface area contributed by atoms with Crippen LogP contribution in [0.1, 0.15) is 41.7 Å². The first-order valence-electron chi connectivity index (χ1n) is 5.16. The van der Waals surface area contributed by atoms with Crippen molar-refractivity contribution in [1.82, 2.24) is 5.16 Å². The molecule has 15 heavy (non-hydrogen) atoms. The molecule has 0 N–H and O–H groups in total. The summed E-state index contributed by atoms with van der Waals surface area (Å²) in [6.45, 7) is 1.55. The molecule has 1 heterocycles. The molecule has 0 spiro atoms. The van der Waals surface area contributed by atoms with Crippen molar-refractivity contribution in [2.75, 3.05) is 0 Å². The van der Waals surface area contributed by atoms with Crippen LogP contribution in [0.5, 0.6) is 0 Å². The molecule has 1 aliphatic rings.